The molecule has 0 radical (unpaired) electrons. The van der Waals surface area contributed by atoms with E-state index >= 15 is 9.59 Å². The Labute approximate surface area is 563 Å². The first kappa shape index (κ1) is 62.1. The molecule has 3 aromatic carbocycles. The fraction of sp³-hybridized carbons (Fsp3) is 0.603. The van der Waals surface area contributed by atoms with E-state index in [-0.39, 0.29) is 88.9 Å². The van der Waals surface area contributed by atoms with Gasteiger partial charge in [0.1, 0.15) is 46.3 Å². The fourth-order valence-electron chi connectivity index (χ4n) is 25.5. The van der Waals surface area contributed by atoms with Crippen LogP contribution in [0.5, 0.6) is 11.5 Å². The number of aliphatic hydroxyl groups is 7. The number of ether oxygens (including phenoxy) is 2. The summed E-state index contributed by atoms with van der Waals surface area (Å²) in [5, 5.41) is 108. The molecule has 0 amide bonds. The van der Waals surface area contributed by atoms with E-state index < -0.39 is 92.2 Å². The first-order chi connectivity index (χ1) is 45.8. The molecule has 10 N–H and O–H groups in total. The number of hydrogen-bond acceptors (Lipinski definition) is 17. The Hall–Kier alpha value is -5.21. The molecule has 0 aromatic heterocycles. The van der Waals surface area contributed by atoms with Gasteiger partial charge in [-0.15, -0.1) is 0 Å². The largest absolute Gasteiger partial charge is 0.511 e. The van der Waals surface area contributed by atoms with Crippen molar-refractivity contribution in [3.63, 3.8) is 0 Å². The number of rotatable bonds is 7. The lowest BCUT2D eigenvalue weighted by atomic mass is 9.42. The van der Waals surface area contributed by atoms with Crippen molar-refractivity contribution in [2.24, 2.45) is 80.3 Å². The van der Waals surface area contributed by atoms with Gasteiger partial charge in [0.15, 0.2) is 17.7 Å². The molecule has 6 spiro atoms. The van der Waals surface area contributed by atoms with Crippen LogP contribution in [0.25, 0.3) is 0 Å². The van der Waals surface area contributed by atoms with Crippen molar-refractivity contribution in [2.45, 2.75) is 188 Å². The molecule has 4 aliphatic heterocycles. The van der Waals surface area contributed by atoms with Gasteiger partial charge in [0.2, 0.25) is 5.79 Å². The number of fused-ring (bicyclic) bond motifs is 1. The van der Waals surface area contributed by atoms with E-state index in [9.17, 15) is 45.6 Å². The lowest BCUT2D eigenvalue weighted by Gasteiger charge is -2.72. The topological polar surface area (TPSA) is 256 Å². The minimum Gasteiger partial charge on any atom is -0.511 e. The summed E-state index contributed by atoms with van der Waals surface area (Å²) in [6.45, 7) is -0.358. The highest BCUT2D eigenvalue weighted by molar-refractivity contribution is 8.76. The van der Waals surface area contributed by atoms with E-state index in [0.29, 0.717) is 72.9 Å². The minimum absolute atomic E-state index is 0.0107. The average molecular weight is 1330 g/mol. The minimum atomic E-state index is -2.40. The molecule has 17 heteroatoms. The summed E-state index contributed by atoms with van der Waals surface area (Å²) in [5.41, 5.74) is -2.26. The maximum Gasteiger partial charge on any atom is 0.240 e. The fourth-order valence-corrected chi connectivity index (χ4v) is 28.3. The SMILES string of the molecule is O=C[C@@H]1C[C@]2(CC[C@@]3(CC[C@@H](Cc4cccc(O)c4)C3)C2)C[C@]12C[C@@H]1C[C@H]3C[C@@H]4[C@@H]5[C@]1(C2)C1=C3CNC(=C1)NCSS[C@H]1CC[C@@]2(O)CCCC[C@@H]2/C=C\C2=C(Cc3cccc(CO)c3)C=C(O)[C@]13C(=O)c1c(cccc1C(=O)[C@@H]23)O[C@]12CC[C@@H]4[C@](CO)(O1)[C@@H](O)[C@]5(O)[C@H]2O. The van der Waals surface area contributed by atoms with Gasteiger partial charge in [-0.25, -0.2) is 0 Å². The van der Waals surface area contributed by atoms with E-state index in [4.69, 9.17) is 9.47 Å². The Morgan fingerprint density at radius 1 is 0.779 bits per heavy atom. The van der Waals surface area contributed by atoms with Crippen LogP contribution in [0.2, 0.25) is 0 Å². The summed E-state index contributed by atoms with van der Waals surface area (Å²) in [6, 6.07) is 20.1. The second-order valence-electron chi connectivity index (χ2n) is 33.1. The maximum atomic E-state index is 17.1. The summed E-state index contributed by atoms with van der Waals surface area (Å²) in [7, 11) is 2.94. The molecule has 12 aliphatic carbocycles. The van der Waals surface area contributed by atoms with Crippen LogP contribution >= 0.6 is 21.6 Å². The zero-order chi connectivity index (χ0) is 65.0. The predicted molar refractivity (Wildman–Crippen MR) is 358 cm³/mol. The molecule has 16 aliphatic rings. The number of Topliss-reactive ketones (excluding diaryl/α,β-unsaturated/α-hetero) is 2. The number of allylic oxidation sites excluding steroid dienone is 7. The first-order valence-electron chi connectivity index (χ1n) is 35.8. The van der Waals surface area contributed by atoms with Crippen LogP contribution in [0, 0.1) is 80.3 Å². The third-order valence-corrected chi connectivity index (χ3v) is 31.6. The lowest BCUT2D eigenvalue weighted by molar-refractivity contribution is -0.461. The van der Waals surface area contributed by atoms with E-state index in [2.05, 4.69) is 22.8 Å². The van der Waals surface area contributed by atoms with E-state index in [0.717, 1.165) is 107 Å². The normalized spacial score (nSPS) is 45.8. The molecule has 15 nitrogen and oxygen atoms in total. The van der Waals surface area contributed by atoms with Crippen molar-refractivity contribution in [3.05, 3.63) is 153 Å². The Morgan fingerprint density at radius 3 is 2.45 bits per heavy atom. The molecular formula is C78H90N2O13S2. The molecule has 7 saturated carbocycles. The Kier molecular flexibility index (Phi) is 14.1. The summed E-state index contributed by atoms with van der Waals surface area (Å²) in [5.74, 6) is -5.00. The second-order valence-corrected chi connectivity index (χ2v) is 35.7. The number of ketones is 2. The number of phenolic OH excluding ortho intramolecular Hbond substituents is 1. The summed E-state index contributed by atoms with van der Waals surface area (Å²) >= 11 is 0. The summed E-state index contributed by atoms with van der Waals surface area (Å²) in [6.07, 6.45) is 21.7. The average Bonchev–Trinajstić information content (AvgIpc) is 1.59. The van der Waals surface area contributed by atoms with Gasteiger partial charge in [-0.2, -0.15) is 0 Å². The van der Waals surface area contributed by atoms with Crippen LogP contribution in [0.3, 0.4) is 0 Å². The Balaban J connectivity index is 0.781. The Morgan fingerprint density at radius 2 is 1.61 bits per heavy atom. The zero-order valence-corrected chi connectivity index (χ0v) is 55.6. The van der Waals surface area contributed by atoms with Crippen molar-refractivity contribution in [1.29, 1.82) is 0 Å². The van der Waals surface area contributed by atoms with Crippen molar-refractivity contribution >= 4 is 39.4 Å². The van der Waals surface area contributed by atoms with E-state index in [1.165, 1.54) is 39.0 Å². The number of nitrogens with one attached hydrogen (secondary N) is 2. The number of hydrogen-bond donors (Lipinski definition) is 10. The van der Waals surface area contributed by atoms with Gasteiger partial charge in [-0.3, -0.25) is 9.59 Å². The van der Waals surface area contributed by atoms with Gasteiger partial charge in [-0.05, 0) is 237 Å². The molecule has 95 heavy (non-hydrogen) atoms. The number of benzene rings is 3. The molecule has 21 atom stereocenters. The van der Waals surface area contributed by atoms with Gasteiger partial charge < -0.3 is 65.8 Å². The van der Waals surface area contributed by atoms with Gasteiger partial charge >= 0.3 is 0 Å². The number of aromatic hydroxyl groups is 1. The van der Waals surface area contributed by atoms with Crippen LogP contribution in [0.15, 0.2) is 125 Å². The smallest absolute Gasteiger partial charge is 0.240 e. The van der Waals surface area contributed by atoms with Crippen LogP contribution in [0.4, 0.5) is 0 Å². The molecule has 3 aromatic rings. The van der Waals surface area contributed by atoms with Crippen LogP contribution in [0.1, 0.15) is 166 Å². The quantitative estimate of drug-likeness (QED) is 0.0779. The maximum absolute atomic E-state index is 17.1. The number of phenols is 1. The Bertz CT molecular complexity index is 3940. The standard InChI is InChI=1S/C78H90N2O13S2/c81-36-46-8-3-6-43(25-46)26-47-30-60(85)77-61-17-20-73(90)18-2-1-9-49(73)13-14-53(47)64(77)65(86)54-11-5-12-59(63(54)67(77)87)92-76-21-16-57-55-29-48-28-50-34-72(39-71(33-51(72)37-82)23-22-70(38-71)19-15-45(32-70)24-44-7-4-10-52(84)27-44)40-74(50,58-31-62(79-35-56(48)58)80-42-94-95-61)66(55)78(91,69(76)89)68(88)75(57,41-83)93-76/h3-8,10-14,25,27,30-31,37,45,48-51,55,57,61,64,66,68-69,79-81,83-85,88-91H,1-2,9,15-24,26,28-29,32-36,38-42H2/b14-13-/t45-,48-,49+,50-,51-,55-,57-,61-,64+,66+,68+,69-,70+,71-,72-,73-,74-,75-,76+,77-,78-/m0/s1. The lowest BCUT2D eigenvalue weighted by Crippen LogP contribution is -2.88. The van der Waals surface area contributed by atoms with Crippen LogP contribution in [-0.2, 0) is 29.0 Å². The highest BCUT2D eigenvalue weighted by Crippen LogP contribution is 2.81. The summed E-state index contributed by atoms with van der Waals surface area (Å²) < 4.78 is 14.6. The van der Waals surface area contributed by atoms with Gasteiger partial charge in [0, 0.05) is 46.9 Å². The third kappa shape index (κ3) is 8.54. The number of carbonyl (C=O) groups is 3. The second kappa shape index (κ2) is 21.6. The molecular weight excluding hydrogens is 1240 g/mol. The molecule has 19 rings (SSSR count). The van der Waals surface area contributed by atoms with Crippen molar-refractivity contribution in [3.8, 4) is 11.5 Å². The number of aliphatic hydroxyl groups excluding tert-OH is 5. The molecule has 9 fully saturated rings. The van der Waals surface area contributed by atoms with E-state index in [1.54, 1.807) is 30.3 Å². The molecule has 4 heterocycles. The number of aldehydes is 1. The monoisotopic (exact) mass is 1330 g/mol. The van der Waals surface area contributed by atoms with Gasteiger partial charge in [-0.1, -0.05) is 95.1 Å². The van der Waals surface area contributed by atoms with Crippen LogP contribution in [-0.4, -0.2) is 118 Å². The number of dihydropyridines is 1. The van der Waals surface area contributed by atoms with Crippen LogP contribution < -0.4 is 15.4 Å². The predicted octanol–water partition coefficient (Wildman–Crippen LogP) is 10.7. The van der Waals surface area contributed by atoms with Gasteiger partial charge in [0.25, 0.3) is 0 Å². The van der Waals surface area contributed by atoms with Crippen molar-refractivity contribution in [2.75, 3.05) is 19.0 Å². The van der Waals surface area contributed by atoms with Crippen molar-refractivity contribution < 1.29 is 64.7 Å². The summed E-state index contributed by atoms with van der Waals surface area (Å²) in [4.78, 5) is 47.8. The highest BCUT2D eigenvalue weighted by atomic mass is 33.1. The zero-order valence-electron chi connectivity index (χ0n) is 54.0. The molecule has 2 saturated heterocycles. The molecule has 11 bridgehead atoms. The highest BCUT2D eigenvalue weighted by Gasteiger charge is 2.85. The number of carbonyl (C=O) groups excluding carboxylic acids is 3. The molecule has 502 valence electrons. The first-order valence-corrected chi connectivity index (χ1v) is 38.2. The molecule has 0 unspecified atom stereocenters. The third-order valence-electron chi connectivity index (χ3n) is 28.9. The van der Waals surface area contributed by atoms with E-state index in [1.807, 2.05) is 48.6 Å². The van der Waals surface area contributed by atoms with Crippen molar-refractivity contribution in [1.82, 2.24) is 10.6 Å². The van der Waals surface area contributed by atoms with Gasteiger partial charge in [0.05, 0.1) is 42.0 Å².